The molecule has 1 N–H and O–H groups in total. The molecule has 0 aromatic heterocycles. The number of rotatable bonds is 4. The van der Waals surface area contributed by atoms with E-state index < -0.39 is 0 Å². The Bertz CT molecular complexity index is 1030. The van der Waals surface area contributed by atoms with Crippen molar-refractivity contribution in [3.05, 3.63) is 100 Å². The highest BCUT2D eigenvalue weighted by molar-refractivity contribution is 6.33. The highest BCUT2D eigenvalue weighted by Crippen LogP contribution is 2.59. The van der Waals surface area contributed by atoms with E-state index in [-0.39, 0.29) is 29.6 Å². The number of hydrogen-bond acceptors (Lipinski definition) is 1. The van der Waals surface area contributed by atoms with Gasteiger partial charge in [0.05, 0.1) is 16.6 Å². The minimum atomic E-state index is -0.0963. The summed E-state index contributed by atoms with van der Waals surface area (Å²) in [6.45, 7) is 2.21. The summed E-state index contributed by atoms with van der Waals surface area (Å²) in [7, 11) is 0. The van der Waals surface area contributed by atoms with Gasteiger partial charge in [0.15, 0.2) is 0 Å². The Morgan fingerprint density at radius 2 is 1.34 bits per heavy atom. The molecule has 0 spiro atoms. The van der Waals surface area contributed by atoms with Crippen LogP contribution in [0.25, 0.3) is 0 Å². The first-order chi connectivity index (χ1) is 14.2. The second-order valence-electron chi connectivity index (χ2n) is 8.16. The van der Waals surface area contributed by atoms with Crippen molar-refractivity contribution in [3.63, 3.8) is 0 Å². The zero-order valence-electron chi connectivity index (χ0n) is 16.4. The van der Waals surface area contributed by atoms with Crippen molar-refractivity contribution in [1.82, 2.24) is 0 Å². The van der Waals surface area contributed by atoms with Crippen LogP contribution in [-0.4, -0.2) is 5.91 Å². The zero-order valence-corrected chi connectivity index (χ0v) is 17.2. The van der Waals surface area contributed by atoms with Crippen molar-refractivity contribution >= 4 is 23.2 Å². The van der Waals surface area contributed by atoms with Crippen molar-refractivity contribution < 1.29 is 4.79 Å². The monoisotopic (exact) mass is 401 g/mol. The number of amides is 1. The van der Waals surface area contributed by atoms with E-state index in [2.05, 4.69) is 60.8 Å². The summed E-state index contributed by atoms with van der Waals surface area (Å²) in [6, 6.07) is 24.9. The van der Waals surface area contributed by atoms with Crippen LogP contribution in [0, 0.1) is 11.8 Å². The number of hydrogen-bond donors (Lipinski definition) is 1. The Labute approximate surface area is 176 Å². The topological polar surface area (TPSA) is 29.1 Å². The molecule has 0 saturated heterocycles. The van der Waals surface area contributed by atoms with E-state index >= 15 is 0 Å². The lowest BCUT2D eigenvalue weighted by molar-refractivity contribution is -0.123. The maximum atomic E-state index is 13.6. The molecule has 0 fully saturated rings. The van der Waals surface area contributed by atoms with Gasteiger partial charge in [-0.2, -0.15) is 0 Å². The van der Waals surface area contributed by atoms with Gasteiger partial charge in [-0.05, 0) is 46.7 Å². The lowest BCUT2D eigenvalue weighted by Crippen LogP contribution is -2.45. The highest BCUT2D eigenvalue weighted by atomic mass is 35.5. The molecule has 3 aliphatic carbocycles. The predicted molar refractivity (Wildman–Crippen MR) is 119 cm³/mol. The van der Waals surface area contributed by atoms with E-state index in [1.807, 2.05) is 24.3 Å². The Morgan fingerprint density at radius 1 is 0.828 bits per heavy atom. The average molecular weight is 402 g/mol. The van der Waals surface area contributed by atoms with Crippen molar-refractivity contribution in [2.24, 2.45) is 11.8 Å². The molecule has 6 rings (SSSR count). The molecule has 3 aliphatic rings. The van der Waals surface area contributed by atoms with Crippen LogP contribution in [0.1, 0.15) is 53.9 Å². The van der Waals surface area contributed by atoms with Crippen LogP contribution in [0.2, 0.25) is 5.02 Å². The molecule has 0 heterocycles. The molecule has 1 amide bonds. The maximum Gasteiger partial charge on any atom is 0.228 e. The number of benzene rings is 3. The molecule has 2 bridgehead atoms. The summed E-state index contributed by atoms with van der Waals surface area (Å²) >= 11 is 6.33. The molecule has 0 unspecified atom stereocenters. The largest absolute Gasteiger partial charge is 0.324 e. The van der Waals surface area contributed by atoms with Crippen LogP contribution >= 0.6 is 11.6 Å². The standard InChI is InChI=1S/C26H24ClNO/c1-2-9-20-23-16-10-3-5-12-18(16)24(19-13-6-4-11-17(19)23)25(20)26(29)28-22-15-8-7-14-21(22)27/h3-8,10-15,20,23-25H,2,9H2,1H3,(H,28,29)/t20-,23?,24?,25-/m0/s1. The Morgan fingerprint density at radius 3 is 1.90 bits per heavy atom. The molecule has 3 aromatic rings. The van der Waals surface area contributed by atoms with E-state index in [1.165, 1.54) is 22.3 Å². The van der Waals surface area contributed by atoms with Crippen molar-refractivity contribution in [2.75, 3.05) is 5.32 Å². The molecular weight excluding hydrogens is 378 g/mol. The van der Waals surface area contributed by atoms with Crippen molar-refractivity contribution in [3.8, 4) is 0 Å². The molecule has 3 heteroatoms. The van der Waals surface area contributed by atoms with Gasteiger partial charge in [-0.15, -0.1) is 0 Å². The normalized spacial score (nSPS) is 23.9. The lowest BCUT2D eigenvalue weighted by Gasteiger charge is -2.50. The van der Waals surface area contributed by atoms with Crippen LogP contribution < -0.4 is 5.32 Å². The second kappa shape index (κ2) is 7.35. The Balaban J connectivity index is 1.63. The molecule has 3 aromatic carbocycles. The first-order valence-corrected chi connectivity index (χ1v) is 10.8. The van der Waals surface area contributed by atoms with Gasteiger partial charge in [0.1, 0.15) is 0 Å². The van der Waals surface area contributed by atoms with Gasteiger partial charge in [0.2, 0.25) is 5.91 Å². The van der Waals surface area contributed by atoms with Gasteiger partial charge in [-0.25, -0.2) is 0 Å². The molecule has 2 nitrogen and oxygen atoms in total. The van der Waals surface area contributed by atoms with E-state index in [0.29, 0.717) is 10.7 Å². The van der Waals surface area contributed by atoms with Gasteiger partial charge in [0, 0.05) is 11.8 Å². The average Bonchev–Trinajstić information content (AvgIpc) is 2.75. The van der Waals surface area contributed by atoms with Crippen LogP contribution in [-0.2, 0) is 4.79 Å². The van der Waals surface area contributed by atoms with Crippen LogP contribution in [0.3, 0.4) is 0 Å². The number of para-hydroxylation sites is 1. The van der Waals surface area contributed by atoms with Gasteiger partial charge in [0.25, 0.3) is 0 Å². The Hall–Kier alpha value is -2.58. The predicted octanol–water partition coefficient (Wildman–Crippen LogP) is 6.60. The fourth-order valence-corrected chi connectivity index (χ4v) is 5.78. The zero-order chi connectivity index (χ0) is 20.0. The van der Waals surface area contributed by atoms with E-state index in [0.717, 1.165) is 12.8 Å². The summed E-state index contributed by atoms with van der Waals surface area (Å²) in [6.07, 6.45) is 2.10. The fraction of sp³-hybridized carbons (Fsp3) is 0.269. The number of fused-ring (bicyclic) bond motifs is 1. The minimum absolute atomic E-state index is 0.0792. The summed E-state index contributed by atoms with van der Waals surface area (Å²) in [5.74, 6) is 0.634. The van der Waals surface area contributed by atoms with Gasteiger partial charge >= 0.3 is 0 Å². The fourth-order valence-electron chi connectivity index (χ4n) is 5.60. The van der Waals surface area contributed by atoms with Crippen LogP contribution in [0.15, 0.2) is 72.8 Å². The van der Waals surface area contributed by atoms with Gasteiger partial charge in [-0.3, -0.25) is 4.79 Å². The molecule has 146 valence electrons. The lowest BCUT2D eigenvalue weighted by atomic mass is 9.53. The third-order valence-corrected chi connectivity index (χ3v) is 6.97. The molecule has 0 radical (unpaired) electrons. The summed E-state index contributed by atoms with van der Waals surface area (Å²) in [5, 5.41) is 3.72. The highest BCUT2D eigenvalue weighted by Gasteiger charge is 2.51. The minimum Gasteiger partial charge on any atom is -0.324 e. The summed E-state index contributed by atoms with van der Waals surface area (Å²) < 4.78 is 0. The Kier molecular flexibility index (Phi) is 4.67. The van der Waals surface area contributed by atoms with Gasteiger partial charge in [-0.1, -0.05) is 85.6 Å². The smallest absolute Gasteiger partial charge is 0.228 e. The SMILES string of the molecule is CCC[C@H]1C2c3ccccc3C(c3ccccc32)[C@H]1C(=O)Nc1ccccc1Cl. The molecular formula is C26H24ClNO. The van der Waals surface area contributed by atoms with Crippen molar-refractivity contribution in [2.45, 2.75) is 31.6 Å². The van der Waals surface area contributed by atoms with Gasteiger partial charge < -0.3 is 5.32 Å². The number of anilines is 1. The second-order valence-corrected chi connectivity index (χ2v) is 8.57. The third-order valence-electron chi connectivity index (χ3n) is 6.64. The van der Waals surface area contributed by atoms with E-state index in [4.69, 9.17) is 11.6 Å². The number of carbonyl (C=O) groups is 1. The first kappa shape index (κ1) is 18.4. The number of halogens is 1. The van der Waals surface area contributed by atoms with Crippen LogP contribution in [0.4, 0.5) is 5.69 Å². The van der Waals surface area contributed by atoms with E-state index in [1.54, 1.807) is 0 Å². The molecule has 0 saturated carbocycles. The maximum absolute atomic E-state index is 13.6. The quantitative estimate of drug-likeness (QED) is 0.524. The van der Waals surface area contributed by atoms with E-state index in [9.17, 15) is 4.79 Å². The number of carbonyl (C=O) groups excluding carboxylic acids is 1. The molecule has 2 atom stereocenters. The molecule has 0 aliphatic heterocycles. The van der Waals surface area contributed by atoms with Crippen LogP contribution in [0.5, 0.6) is 0 Å². The number of nitrogens with one attached hydrogen (secondary N) is 1. The third kappa shape index (κ3) is 2.89. The summed E-state index contributed by atoms with van der Waals surface area (Å²) in [4.78, 5) is 13.6. The molecule has 29 heavy (non-hydrogen) atoms. The van der Waals surface area contributed by atoms with Crippen molar-refractivity contribution in [1.29, 1.82) is 0 Å². The first-order valence-electron chi connectivity index (χ1n) is 10.4. The summed E-state index contributed by atoms with van der Waals surface area (Å²) in [5.41, 5.74) is 6.11.